The van der Waals surface area contributed by atoms with Crippen molar-refractivity contribution in [1.29, 1.82) is 0 Å². The maximum absolute atomic E-state index is 12.4. The number of H-pyrrole nitrogens is 1. The Labute approximate surface area is 361 Å². The minimum absolute atomic E-state index is 0.0323. The van der Waals surface area contributed by atoms with Gasteiger partial charge in [-0.3, -0.25) is 28.8 Å². The summed E-state index contributed by atoms with van der Waals surface area (Å²) in [5.74, 6) is -3.47. The molecule has 0 aliphatic heterocycles. The van der Waals surface area contributed by atoms with Crippen LogP contribution < -0.4 is 21.7 Å². The number of amides is 3. The fourth-order valence-corrected chi connectivity index (χ4v) is 6.37. The highest BCUT2D eigenvalue weighted by molar-refractivity contribution is 5.87. The molecule has 2 atom stereocenters. The molecule has 1 heterocycles. The molecule has 1 aromatic rings. The highest BCUT2D eigenvalue weighted by Crippen LogP contribution is 2.16. The SMILES string of the molecule is N[C@@H](Cc1cnc[nH]1)C(=O)C[C@@H](CCCCNC(=O)COCCOCCNC(=O)COCCOCCNC(=O)CCCCCCCCCCCCCCCCC(=O)O)C(=O)O. The van der Waals surface area contributed by atoms with Gasteiger partial charge >= 0.3 is 11.9 Å². The third-order valence-corrected chi connectivity index (χ3v) is 9.90. The lowest BCUT2D eigenvalue weighted by molar-refractivity contribution is -0.144. The number of ketones is 1. The topological polar surface area (TPSA) is 271 Å². The van der Waals surface area contributed by atoms with Crippen molar-refractivity contribution in [3.8, 4) is 0 Å². The van der Waals surface area contributed by atoms with Crippen LogP contribution in [0, 0.1) is 5.92 Å². The molecule has 8 N–H and O–H groups in total. The number of carbonyl (C=O) groups is 6. The maximum Gasteiger partial charge on any atom is 0.306 e. The first kappa shape index (κ1) is 55.0. The molecule has 0 saturated heterocycles. The molecule has 0 radical (unpaired) electrons. The van der Waals surface area contributed by atoms with Gasteiger partial charge < -0.3 is 55.8 Å². The van der Waals surface area contributed by atoms with Gasteiger partial charge in [-0.15, -0.1) is 0 Å². The standard InChI is InChI=1S/C43H76N6O12/c44-37(30-36-31-45-34-49-36)38(50)29-35(43(56)57)17-15-16-20-46-40(52)32-60-27-26-59-24-22-48-41(53)33-61-28-25-58-23-21-47-39(51)18-13-11-9-7-5-3-1-2-4-6-8-10-12-14-19-42(54)55/h31,34-35,37H,1-30,32-33,44H2,(H,45,49)(H,46,52)(H,47,51)(H,48,53)(H,54,55)(H,56,57)/t35-,37+/m1/s1. The van der Waals surface area contributed by atoms with E-state index in [1.165, 1.54) is 57.7 Å². The number of hydrogen-bond donors (Lipinski definition) is 7. The summed E-state index contributed by atoms with van der Waals surface area (Å²) in [5.41, 5.74) is 6.64. The molecule has 1 rings (SSSR count). The van der Waals surface area contributed by atoms with Crippen LogP contribution in [0.15, 0.2) is 12.5 Å². The van der Waals surface area contributed by atoms with Gasteiger partial charge in [0, 0.05) is 57.2 Å². The summed E-state index contributed by atoms with van der Waals surface area (Å²) < 4.78 is 21.5. The van der Waals surface area contributed by atoms with Crippen LogP contribution in [0.5, 0.6) is 0 Å². The lowest BCUT2D eigenvalue weighted by Gasteiger charge is -2.15. The predicted molar refractivity (Wildman–Crippen MR) is 229 cm³/mol. The maximum atomic E-state index is 12.4. The highest BCUT2D eigenvalue weighted by atomic mass is 16.5. The van der Waals surface area contributed by atoms with Gasteiger partial charge in [-0.1, -0.05) is 83.5 Å². The summed E-state index contributed by atoms with van der Waals surface area (Å²) >= 11 is 0. The monoisotopic (exact) mass is 869 g/mol. The number of carboxylic acids is 2. The molecule has 0 fully saturated rings. The number of carbonyl (C=O) groups excluding carboxylic acids is 4. The normalized spacial score (nSPS) is 12.1. The second-order valence-electron chi connectivity index (χ2n) is 15.3. The lowest BCUT2D eigenvalue weighted by atomic mass is 9.92. The average molecular weight is 869 g/mol. The molecule has 0 spiro atoms. The molecule has 0 aromatic carbocycles. The Morgan fingerprint density at radius 3 is 1.56 bits per heavy atom. The van der Waals surface area contributed by atoms with Crippen molar-refractivity contribution in [2.45, 2.75) is 141 Å². The minimum Gasteiger partial charge on any atom is -0.481 e. The Morgan fingerprint density at radius 1 is 0.590 bits per heavy atom. The van der Waals surface area contributed by atoms with Crippen LogP contribution in [0.25, 0.3) is 0 Å². The van der Waals surface area contributed by atoms with E-state index in [1.807, 2.05) is 0 Å². The smallest absolute Gasteiger partial charge is 0.306 e. The van der Waals surface area contributed by atoms with E-state index < -0.39 is 23.9 Å². The summed E-state index contributed by atoms with van der Waals surface area (Å²) in [6.45, 7) is 2.42. The van der Waals surface area contributed by atoms with Gasteiger partial charge in [0.15, 0.2) is 5.78 Å². The van der Waals surface area contributed by atoms with Crippen LogP contribution in [0.2, 0.25) is 0 Å². The van der Waals surface area contributed by atoms with Crippen molar-refractivity contribution >= 4 is 35.4 Å². The zero-order valence-electron chi connectivity index (χ0n) is 36.4. The molecule has 0 bridgehead atoms. The number of ether oxygens (including phenoxy) is 4. The molecule has 0 aliphatic rings. The number of aliphatic carboxylic acids is 2. The van der Waals surface area contributed by atoms with Gasteiger partial charge in [0.2, 0.25) is 17.7 Å². The average Bonchev–Trinajstić information content (AvgIpc) is 3.74. The van der Waals surface area contributed by atoms with Crippen molar-refractivity contribution in [1.82, 2.24) is 25.9 Å². The molecule has 3 amide bonds. The first-order valence-corrected chi connectivity index (χ1v) is 22.4. The molecule has 0 saturated carbocycles. The molecule has 18 nitrogen and oxygen atoms in total. The van der Waals surface area contributed by atoms with E-state index in [9.17, 15) is 33.9 Å². The number of hydrogen-bond acceptors (Lipinski definition) is 12. The van der Waals surface area contributed by atoms with Crippen LogP contribution >= 0.6 is 0 Å². The Bertz CT molecular complexity index is 1300. The van der Waals surface area contributed by atoms with Gasteiger partial charge in [-0.25, -0.2) is 4.98 Å². The summed E-state index contributed by atoms with van der Waals surface area (Å²) in [5, 5.41) is 26.4. The molecule has 18 heteroatoms. The van der Waals surface area contributed by atoms with Gasteiger partial charge in [-0.05, 0) is 25.7 Å². The van der Waals surface area contributed by atoms with Gasteiger partial charge in [0.1, 0.15) is 13.2 Å². The predicted octanol–water partition coefficient (Wildman–Crippen LogP) is 3.85. The summed E-state index contributed by atoms with van der Waals surface area (Å²) in [4.78, 5) is 77.3. The number of carboxylic acid groups (broad SMARTS) is 2. The van der Waals surface area contributed by atoms with Crippen LogP contribution in [-0.4, -0.2) is 134 Å². The van der Waals surface area contributed by atoms with Crippen molar-refractivity contribution in [2.75, 3.05) is 72.5 Å². The van der Waals surface area contributed by atoms with E-state index in [-0.39, 0.29) is 89.0 Å². The van der Waals surface area contributed by atoms with Crippen LogP contribution in [0.1, 0.15) is 134 Å². The van der Waals surface area contributed by atoms with Crippen molar-refractivity contribution in [3.05, 3.63) is 18.2 Å². The lowest BCUT2D eigenvalue weighted by Crippen LogP contribution is -2.35. The number of nitrogens with zero attached hydrogens (tertiary/aromatic N) is 1. The Hall–Kier alpha value is -3.97. The van der Waals surface area contributed by atoms with E-state index in [0.717, 1.165) is 38.5 Å². The Kier molecular flexibility index (Phi) is 35.1. The number of unbranched alkanes of at least 4 members (excludes halogenated alkanes) is 14. The highest BCUT2D eigenvalue weighted by Gasteiger charge is 2.24. The van der Waals surface area contributed by atoms with Gasteiger partial charge in [-0.2, -0.15) is 0 Å². The molecule has 1 aromatic heterocycles. The van der Waals surface area contributed by atoms with Crippen molar-refractivity contribution in [2.24, 2.45) is 11.7 Å². The number of imidazole rings is 1. The zero-order valence-corrected chi connectivity index (χ0v) is 36.4. The molecular formula is C43H76N6O12. The second-order valence-corrected chi connectivity index (χ2v) is 15.3. The number of nitrogens with one attached hydrogen (secondary N) is 4. The van der Waals surface area contributed by atoms with Crippen molar-refractivity contribution in [3.63, 3.8) is 0 Å². The Balaban J connectivity index is 1.83. The molecule has 350 valence electrons. The summed E-state index contributed by atoms with van der Waals surface area (Å²) in [6, 6.07) is -0.808. The summed E-state index contributed by atoms with van der Waals surface area (Å²) in [7, 11) is 0. The van der Waals surface area contributed by atoms with Crippen molar-refractivity contribution < 1.29 is 57.9 Å². The second kappa shape index (κ2) is 38.9. The number of rotatable bonds is 44. The summed E-state index contributed by atoms with van der Waals surface area (Å²) in [6.07, 6.45) is 21.4. The first-order chi connectivity index (χ1) is 29.6. The van der Waals surface area contributed by atoms with E-state index in [1.54, 1.807) is 6.20 Å². The van der Waals surface area contributed by atoms with Crippen LogP contribution in [0.3, 0.4) is 0 Å². The fraction of sp³-hybridized carbons (Fsp3) is 0.791. The zero-order chi connectivity index (χ0) is 44.6. The number of aromatic nitrogens is 2. The van der Waals surface area contributed by atoms with Crippen LogP contribution in [0.4, 0.5) is 0 Å². The van der Waals surface area contributed by atoms with E-state index >= 15 is 0 Å². The van der Waals surface area contributed by atoms with Crippen LogP contribution in [-0.2, 0) is 54.1 Å². The fourth-order valence-electron chi connectivity index (χ4n) is 6.37. The molecular weight excluding hydrogens is 793 g/mol. The minimum atomic E-state index is -1.05. The largest absolute Gasteiger partial charge is 0.481 e. The quantitative estimate of drug-likeness (QED) is 0.0460. The van der Waals surface area contributed by atoms with E-state index in [4.69, 9.17) is 29.8 Å². The number of nitrogens with two attached hydrogens (primary N) is 1. The Morgan fingerprint density at radius 2 is 1.07 bits per heavy atom. The number of aromatic amines is 1. The third-order valence-electron chi connectivity index (χ3n) is 9.90. The molecule has 0 aliphatic carbocycles. The number of Topliss-reactive ketones (excluding diaryl/α,β-unsaturated/α-hetero) is 1. The van der Waals surface area contributed by atoms with Gasteiger partial charge in [0.05, 0.1) is 57.9 Å². The van der Waals surface area contributed by atoms with E-state index in [0.29, 0.717) is 57.7 Å². The van der Waals surface area contributed by atoms with E-state index in [2.05, 4.69) is 25.9 Å². The first-order valence-electron chi connectivity index (χ1n) is 22.4. The molecule has 0 unspecified atom stereocenters. The molecule has 61 heavy (non-hydrogen) atoms. The van der Waals surface area contributed by atoms with Gasteiger partial charge in [0.25, 0.3) is 0 Å². The third kappa shape index (κ3) is 35.3.